The van der Waals surface area contributed by atoms with Gasteiger partial charge in [-0.2, -0.15) is 0 Å². The van der Waals surface area contributed by atoms with Crippen molar-refractivity contribution < 1.29 is 4.79 Å². The number of rotatable bonds is 3. The number of amides is 1. The highest BCUT2D eigenvalue weighted by Crippen LogP contribution is 2.43. The van der Waals surface area contributed by atoms with Gasteiger partial charge in [-0.1, -0.05) is 19.1 Å². The Kier molecular flexibility index (Phi) is 3.57. The van der Waals surface area contributed by atoms with Crippen LogP contribution >= 0.6 is 0 Å². The summed E-state index contributed by atoms with van der Waals surface area (Å²) in [5, 5.41) is 0. The minimum atomic E-state index is -0.233. The Bertz CT molecular complexity index is 494. The number of hydrogen-bond acceptors (Lipinski definition) is 2. The summed E-state index contributed by atoms with van der Waals surface area (Å²) < 4.78 is 0. The summed E-state index contributed by atoms with van der Waals surface area (Å²) in [6, 6.07) is 6.62. The number of hydrogen-bond donors (Lipinski definition) is 1. The highest BCUT2D eigenvalue weighted by atomic mass is 16.1. The van der Waals surface area contributed by atoms with Gasteiger partial charge in [-0.15, -0.1) is 0 Å². The molecule has 104 valence electrons. The highest BCUT2D eigenvalue weighted by molar-refractivity contribution is 5.75. The Morgan fingerprint density at radius 3 is 2.79 bits per heavy atom. The number of nitrogens with zero attached hydrogens (tertiary/aromatic N) is 1. The van der Waals surface area contributed by atoms with Crippen molar-refractivity contribution in [3.63, 3.8) is 0 Å². The molecule has 1 heterocycles. The molecule has 3 heteroatoms. The second-order valence-electron chi connectivity index (χ2n) is 6.35. The Morgan fingerprint density at radius 2 is 2.16 bits per heavy atom. The molecule has 0 aromatic heterocycles. The van der Waals surface area contributed by atoms with Gasteiger partial charge in [-0.05, 0) is 50.3 Å². The zero-order chi connectivity index (χ0) is 14.2. The van der Waals surface area contributed by atoms with Crippen LogP contribution in [-0.2, 0) is 4.79 Å². The van der Waals surface area contributed by atoms with Crippen molar-refractivity contribution in [2.24, 2.45) is 5.73 Å². The molecule has 0 saturated heterocycles. The molecule has 1 amide bonds. The fourth-order valence-electron chi connectivity index (χ4n) is 3.24. The van der Waals surface area contributed by atoms with Crippen molar-refractivity contribution in [3.8, 4) is 0 Å². The number of benzene rings is 1. The number of anilines is 1. The standard InChI is InChI=1S/C16H24N2O/c1-11-5-6-13-12(2)10-16(3,4)18(14(13)9-11)8-7-15(17)19/h5-6,9,12H,7-8,10H2,1-4H3,(H2,17,19). The minimum absolute atomic E-state index is 0.0651. The molecule has 1 atom stereocenters. The van der Waals surface area contributed by atoms with E-state index in [0.717, 1.165) is 6.42 Å². The molecule has 1 aliphatic rings. The van der Waals surface area contributed by atoms with Crippen LogP contribution < -0.4 is 10.6 Å². The lowest BCUT2D eigenvalue weighted by atomic mass is 9.79. The van der Waals surface area contributed by atoms with Crippen LogP contribution in [0.25, 0.3) is 0 Å². The molecule has 1 aliphatic heterocycles. The summed E-state index contributed by atoms with van der Waals surface area (Å²) in [6.07, 6.45) is 1.51. The number of nitrogens with two attached hydrogens (primary N) is 1. The first-order chi connectivity index (χ1) is 8.81. The third kappa shape index (κ3) is 2.75. The van der Waals surface area contributed by atoms with Gasteiger partial charge in [0.2, 0.25) is 5.91 Å². The molecule has 3 nitrogen and oxygen atoms in total. The summed E-state index contributed by atoms with van der Waals surface area (Å²) in [4.78, 5) is 13.4. The molecule has 0 bridgehead atoms. The Hall–Kier alpha value is -1.51. The first-order valence-corrected chi connectivity index (χ1v) is 6.98. The summed E-state index contributed by atoms with van der Waals surface area (Å²) >= 11 is 0. The fourth-order valence-corrected chi connectivity index (χ4v) is 3.24. The molecule has 0 fully saturated rings. The maximum atomic E-state index is 11.1. The molecule has 2 N–H and O–H groups in total. The molecule has 2 rings (SSSR count). The third-order valence-corrected chi connectivity index (χ3v) is 4.13. The van der Waals surface area contributed by atoms with E-state index >= 15 is 0 Å². The predicted octanol–water partition coefficient (Wildman–Crippen LogP) is 2.96. The van der Waals surface area contributed by atoms with Gasteiger partial charge in [0.05, 0.1) is 0 Å². The maximum Gasteiger partial charge on any atom is 0.219 e. The zero-order valence-corrected chi connectivity index (χ0v) is 12.4. The second kappa shape index (κ2) is 4.87. The van der Waals surface area contributed by atoms with E-state index in [1.165, 1.54) is 16.8 Å². The molecule has 0 aliphatic carbocycles. The van der Waals surface area contributed by atoms with Crippen LogP contribution in [0.4, 0.5) is 5.69 Å². The van der Waals surface area contributed by atoms with Gasteiger partial charge >= 0.3 is 0 Å². The smallest absolute Gasteiger partial charge is 0.219 e. The van der Waals surface area contributed by atoms with Crippen molar-refractivity contribution in [1.29, 1.82) is 0 Å². The number of carbonyl (C=O) groups is 1. The van der Waals surface area contributed by atoms with E-state index < -0.39 is 0 Å². The van der Waals surface area contributed by atoms with Crippen molar-refractivity contribution in [2.45, 2.75) is 52.0 Å². The average molecular weight is 260 g/mol. The minimum Gasteiger partial charge on any atom is -0.370 e. The van der Waals surface area contributed by atoms with Gasteiger partial charge in [-0.25, -0.2) is 0 Å². The molecule has 1 aromatic rings. The second-order valence-corrected chi connectivity index (χ2v) is 6.35. The molecular formula is C16H24N2O. The van der Waals surface area contributed by atoms with E-state index in [1.54, 1.807) is 0 Å². The van der Waals surface area contributed by atoms with Gasteiger partial charge in [0, 0.05) is 24.2 Å². The Morgan fingerprint density at radius 1 is 1.47 bits per heavy atom. The summed E-state index contributed by atoms with van der Waals surface area (Å²) in [6.45, 7) is 9.58. The maximum absolute atomic E-state index is 11.1. The molecule has 1 aromatic carbocycles. The summed E-state index contributed by atoms with van der Waals surface area (Å²) in [5.74, 6) is 0.319. The van der Waals surface area contributed by atoms with Crippen molar-refractivity contribution in [1.82, 2.24) is 0 Å². The van der Waals surface area contributed by atoms with Crippen molar-refractivity contribution >= 4 is 11.6 Å². The first kappa shape index (κ1) is 13.9. The van der Waals surface area contributed by atoms with Crippen LogP contribution in [0, 0.1) is 6.92 Å². The molecule has 0 spiro atoms. The SMILES string of the molecule is Cc1ccc2c(c1)N(CCC(N)=O)C(C)(C)CC2C. The largest absolute Gasteiger partial charge is 0.370 e. The van der Waals surface area contributed by atoms with Crippen LogP contribution in [0.2, 0.25) is 0 Å². The average Bonchev–Trinajstić information content (AvgIpc) is 2.26. The quantitative estimate of drug-likeness (QED) is 0.908. The van der Waals surface area contributed by atoms with Gasteiger partial charge in [0.25, 0.3) is 0 Å². The molecule has 19 heavy (non-hydrogen) atoms. The van der Waals surface area contributed by atoms with Gasteiger partial charge in [-0.3, -0.25) is 4.79 Å². The summed E-state index contributed by atoms with van der Waals surface area (Å²) in [7, 11) is 0. The van der Waals surface area contributed by atoms with Crippen LogP contribution in [0.5, 0.6) is 0 Å². The molecular weight excluding hydrogens is 236 g/mol. The zero-order valence-electron chi connectivity index (χ0n) is 12.4. The van der Waals surface area contributed by atoms with E-state index in [4.69, 9.17) is 5.73 Å². The number of primary amides is 1. The number of carbonyl (C=O) groups excluding carboxylic acids is 1. The Labute approximate surface area is 115 Å². The van der Waals surface area contributed by atoms with Gasteiger partial charge in [0.1, 0.15) is 0 Å². The van der Waals surface area contributed by atoms with Crippen molar-refractivity contribution in [3.05, 3.63) is 29.3 Å². The van der Waals surface area contributed by atoms with Crippen LogP contribution in [0.3, 0.4) is 0 Å². The normalized spacial score (nSPS) is 21.1. The molecule has 0 saturated carbocycles. The van der Waals surface area contributed by atoms with Gasteiger partial charge < -0.3 is 10.6 Å². The van der Waals surface area contributed by atoms with Crippen LogP contribution in [0.1, 0.15) is 50.7 Å². The van der Waals surface area contributed by atoms with E-state index in [2.05, 4.69) is 50.8 Å². The lowest BCUT2D eigenvalue weighted by Crippen LogP contribution is -2.49. The fraction of sp³-hybridized carbons (Fsp3) is 0.562. The van der Waals surface area contributed by atoms with E-state index in [9.17, 15) is 4.79 Å². The number of fused-ring (bicyclic) bond motifs is 1. The predicted molar refractivity (Wildman–Crippen MR) is 79.4 cm³/mol. The van der Waals surface area contributed by atoms with Crippen LogP contribution in [0.15, 0.2) is 18.2 Å². The topological polar surface area (TPSA) is 46.3 Å². The number of aryl methyl sites for hydroxylation is 1. The van der Waals surface area contributed by atoms with E-state index in [-0.39, 0.29) is 11.4 Å². The van der Waals surface area contributed by atoms with E-state index in [0.29, 0.717) is 18.9 Å². The summed E-state index contributed by atoms with van der Waals surface area (Å²) in [5.41, 5.74) is 9.28. The first-order valence-electron chi connectivity index (χ1n) is 6.98. The monoisotopic (exact) mass is 260 g/mol. The molecule has 0 radical (unpaired) electrons. The lowest BCUT2D eigenvalue weighted by Gasteiger charge is -2.47. The highest BCUT2D eigenvalue weighted by Gasteiger charge is 2.36. The molecule has 1 unspecified atom stereocenters. The van der Waals surface area contributed by atoms with E-state index in [1.807, 2.05) is 0 Å². The Balaban J connectivity index is 2.41. The van der Waals surface area contributed by atoms with Crippen molar-refractivity contribution in [2.75, 3.05) is 11.4 Å². The third-order valence-electron chi connectivity index (χ3n) is 4.13. The van der Waals surface area contributed by atoms with Crippen LogP contribution in [-0.4, -0.2) is 18.0 Å². The van der Waals surface area contributed by atoms with Gasteiger partial charge in [0.15, 0.2) is 0 Å². The lowest BCUT2D eigenvalue weighted by molar-refractivity contribution is -0.117.